The lowest BCUT2D eigenvalue weighted by atomic mass is 9.83. The Balaban J connectivity index is 1.31. The molecule has 0 radical (unpaired) electrons. The lowest BCUT2D eigenvalue weighted by Gasteiger charge is -2.49. The highest BCUT2D eigenvalue weighted by Gasteiger charge is 2.41. The molecule has 6 heteroatoms. The van der Waals surface area contributed by atoms with E-state index in [9.17, 15) is 9.18 Å². The van der Waals surface area contributed by atoms with Gasteiger partial charge in [-0.2, -0.15) is 0 Å². The van der Waals surface area contributed by atoms with E-state index >= 15 is 0 Å². The summed E-state index contributed by atoms with van der Waals surface area (Å²) in [5.74, 6) is -0.138. The molecule has 2 aliphatic rings. The second kappa shape index (κ2) is 9.43. The molecule has 0 saturated carbocycles. The minimum Gasteiger partial charge on any atom is -0.365 e. The minimum atomic E-state index is -0.207. The molecule has 3 aromatic rings. The van der Waals surface area contributed by atoms with Gasteiger partial charge in [-0.05, 0) is 53.6 Å². The van der Waals surface area contributed by atoms with Gasteiger partial charge < -0.3 is 10.2 Å². The van der Waals surface area contributed by atoms with Gasteiger partial charge in [0.05, 0.1) is 12.0 Å². The Morgan fingerprint density at radius 1 is 1.06 bits per heavy atom. The van der Waals surface area contributed by atoms with Crippen molar-refractivity contribution in [3.8, 4) is 0 Å². The second-order valence-electron chi connectivity index (χ2n) is 8.68. The molecule has 2 aromatic carbocycles. The molecule has 2 aliphatic heterocycles. The largest absolute Gasteiger partial charge is 0.365 e. The first-order chi connectivity index (χ1) is 15.7. The maximum atomic E-state index is 13.3. The topological polar surface area (TPSA) is 35.6 Å². The summed E-state index contributed by atoms with van der Waals surface area (Å²) < 4.78 is 13.3. The van der Waals surface area contributed by atoms with Gasteiger partial charge in [-0.3, -0.25) is 9.69 Å². The van der Waals surface area contributed by atoms with Crippen LogP contribution in [0.25, 0.3) is 0 Å². The van der Waals surface area contributed by atoms with Crippen LogP contribution in [0.2, 0.25) is 0 Å². The van der Waals surface area contributed by atoms with Gasteiger partial charge in [-0.15, -0.1) is 11.3 Å². The van der Waals surface area contributed by atoms with Crippen LogP contribution in [-0.4, -0.2) is 43.0 Å². The van der Waals surface area contributed by atoms with Crippen LogP contribution in [0.3, 0.4) is 0 Å². The van der Waals surface area contributed by atoms with Crippen molar-refractivity contribution >= 4 is 22.9 Å². The van der Waals surface area contributed by atoms with E-state index in [1.807, 2.05) is 12.1 Å². The number of piperazine rings is 1. The van der Waals surface area contributed by atoms with E-state index in [0.717, 1.165) is 44.6 Å². The molecule has 2 atom stereocenters. The van der Waals surface area contributed by atoms with Gasteiger partial charge in [-0.25, -0.2) is 4.39 Å². The number of nitrogens with one attached hydrogen (secondary N) is 1. The second-order valence-corrected chi connectivity index (χ2v) is 9.71. The third-order valence-electron chi connectivity index (χ3n) is 6.61. The molecule has 1 N–H and O–H groups in total. The summed E-state index contributed by atoms with van der Waals surface area (Å²) >= 11 is 1.73. The van der Waals surface area contributed by atoms with Crippen LogP contribution in [0.1, 0.15) is 16.0 Å². The monoisotopic (exact) mass is 449 g/mol. The van der Waals surface area contributed by atoms with Crippen LogP contribution in [0.4, 0.5) is 10.1 Å². The van der Waals surface area contributed by atoms with Gasteiger partial charge in [-0.1, -0.05) is 36.4 Å². The summed E-state index contributed by atoms with van der Waals surface area (Å²) in [5.41, 5.74) is 3.63. The summed E-state index contributed by atoms with van der Waals surface area (Å²) in [7, 11) is 0. The fourth-order valence-electron chi connectivity index (χ4n) is 5.00. The fraction of sp³-hybridized carbons (Fsp3) is 0.346. The molecule has 4 nitrogen and oxygen atoms in total. The summed E-state index contributed by atoms with van der Waals surface area (Å²) in [4.78, 5) is 19.4. The zero-order valence-corrected chi connectivity index (χ0v) is 18.9. The van der Waals surface area contributed by atoms with Crippen molar-refractivity contribution in [2.45, 2.75) is 25.4 Å². The average Bonchev–Trinajstić information content (AvgIpc) is 3.33. The maximum absolute atomic E-state index is 13.3. The lowest BCUT2D eigenvalue weighted by Crippen LogP contribution is -2.61. The summed E-state index contributed by atoms with van der Waals surface area (Å²) in [6.45, 7) is 4.09. The van der Waals surface area contributed by atoms with Crippen LogP contribution in [0.5, 0.6) is 0 Å². The number of rotatable bonds is 6. The highest BCUT2D eigenvalue weighted by Crippen LogP contribution is 2.36. The number of halogens is 1. The number of amides is 1. The van der Waals surface area contributed by atoms with Crippen molar-refractivity contribution in [3.63, 3.8) is 0 Å². The first kappa shape index (κ1) is 21.2. The van der Waals surface area contributed by atoms with Gasteiger partial charge in [0.1, 0.15) is 5.82 Å². The van der Waals surface area contributed by atoms with Gasteiger partial charge in [0, 0.05) is 43.3 Å². The average molecular weight is 450 g/mol. The van der Waals surface area contributed by atoms with E-state index in [0.29, 0.717) is 6.54 Å². The number of benzene rings is 2. The first-order valence-corrected chi connectivity index (χ1v) is 12.2. The van der Waals surface area contributed by atoms with Crippen molar-refractivity contribution in [3.05, 3.63) is 87.9 Å². The number of hydrogen-bond acceptors (Lipinski definition) is 4. The first-order valence-electron chi connectivity index (χ1n) is 11.3. The van der Waals surface area contributed by atoms with Crippen LogP contribution in [0.15, 0.2) is 66.0 Å². The number of para-hydroxylation sites is 1. The molecule has 3 heterocycles. The Bertz CT molecular complexity index is 1050. The normalized spacial score (nSPS) is 20.5. The molecule has 166 valence electrons. The van der Waals surface area contributed by atoms with Crippen molar-refractivity contribution in [1.29, 1.82) is 0 Å². The molecule has 1 aromatic heterocycles. The number of nitrogens with zero attached hydrogens (tertiary/aromatic N) is 2. The molecule has 0 unspecified atom stereocenters. The molecule has 32 heavy (non-hydrogen) atoms. The lowest BCUT2D eigenvalue weighted by molar-refractivity contribution is -0.126. The van der Waals surface area contributed by atoms with Crippen molar-refractivity contribution in [2.75, 3.05) is 31.1 Å². The molecule has 0 spiro atoms. The quantitative estimate of drug-likeness (QED) is 0.615. The fourth-order valence-corrected chi connectivity index (χ4v) is 5.71. The number of carbonyl (C=O) groups is 1. The number of fused-ring (bicyclic) bond motifs is 3. The summed E-state index contributed by atoms with van der Waals surface area (Å²) in [6.07, 6.45) is 1.64. The van der Waals surface area contributed by atoms with E-state index in [1.165, 1.54) is 28.3 Å². The zero-order chi connectivity index (χ0) is 21.9. The molecule has 1 fully saturated rings. The van der Waals surface area contributed by atoms with E-state index in [1.54, 1.807) is 11.3 Å². The minimum absolute atomic E-state index is 0.0794. The standard InChI is InChI=1S/C26H28FN3OS/c27-21-9-7-19(8-10-21)17-29-13-14-30-24-6-2-1-4-20(24)16-23(25(30)18-29)26(31)28-12-11-22-5-3-15-32-22/h1-10,15,23,25H,11-14,16-18H2,(H,28,31)/t23-,25+/m1/s1. The SMILES string of the molecule is O=C(NCCc1cccs1)[C@@H]1Cc2ccccc2N2CCN(Cc3ccc(F)cc3)C[C@@H]12. The third kappa shape index (κ3) is 4.57. The number of anilines is 1. The maximum Gasteiger partial charge on any atom is 0.225 e. The van der Waals surface area contributed by atoms with E-state index < -0.39 is 0 Å². The van der Waals surface area contributed by atoms with Gasteiger partial charge in [0.15, 0.2) is 0 Å². The Morgan fingerprint density at radius 2 is 1.91 bits per heavy atom. The van der Waals surface area contributed by atoms with Crippen molar-refractivity contribution in [2.24, 2.45) is 5.92 Å². The highest BCUT2D eigenvalue weighted by molar-refractivity contribution is 7.09. The molecular formula is C26H28FN3OS. The number of thiophene rings is 1. The van der Waals surface area contributed by atoms with E-state index in [2.05, 4.69) is 56.9 Å². The number of carbonyl (C=O) groups excluding carboxylic acids is 1. The van der Waals surface area contributed by atoms with E-state index in [4.69, 9.17) is 0 Å². The van der Waals surface area contributed by atoms with Crippen LogP contribution >= 0.6 is 11.3 Å². The van der Waals surface area contributed by atoms with E-state index in [-0.39, 0.29) is 23.7 Å². The summed E-state index contributed by atoms with van der Waals surface area (Å²) in [5, 5.41) is 5.28. The van der Waals surface area contributed by atoms with Crippen molar-refractivity contribution < 1.29 is 9.18 Å². The molecule has 5 rings (SSSR count). The predicted octanol–water partition coefficient (Wildman–Crippen LogP) is 4.11. The van der Waals surface area contributed by atoms with Gasteiger partial charge in [0.25, 0.3) is 0 Å². The van der Waals surface area contributed by atoms with Crippen LogP contribution in [-0.2, 0) is 24.2 Å². The van der Waals surface area contributed by atoms with Crippen LogP contribution < -0.4 is 10.2 Å². The Kier molecular flexibility index (Phi) is 6.23. The molecule has 1 amide bonds. The highest BCUT2D eigenvalue weighted by atomic mass is 32.1. The van der Waals surface area contributed by atoms with Gasteiger partial charge in [0.2, 0.25) is 5.91 Å². The smallest absolute Gasteiger partial charge is 0.225 e. The Hall–Kier alpha value is -2.70. The number of hydrogen-bond donors (Lipinski definition) is 1. The summed E-state index contributed by atoms with van der Waals surface area (Å²) in [6, 6.07) is 19.5. The Morgan fingerprint density at radius 3 is 2.72 bits per heavy atom. The third-order valence-corrected chi connectivity index (χ3v) is 7.55. The van der Waals surface area contributed by atoms with Gasteiger partial charge >= 0.3 is 0 Å². The van der Waals surface area contributed by atoms with Crippen LogP contribution in [0, 0.1) is 11.7 Å². The van der Waals surface area contributed by atoms with Crippen molar-refractivity contribution in [1.82, 2.24) is 10.2 Å². The molecular weight excluding hydrogens is 421 g/mol. The zero-order valence-electron chi connectivity index (χ0n) is 18.0. The Labute approximate surface area is 192 Å². The molecule has 0 bridgehead atoms. The molecule has 1 saturated heterocycles. The predicted molar refractivity (Wildman–Crippen MR) is 127 cm³/mol. The molecule has 0 aliphatic carbocycles.